The Balaban J connectivity index is 1.61. The topological polar surface area (TPSA) is 58.6 Å². The third-order valence-electron chi connectivity index (χ3n) is 6.56. The Bertz CT molecular complexity index is 964. The van der Waals surface area contributed by atoms with Crippen molar-refractivity contribution in [3.63, 3.8) is 0 Å². The molecule has 1 saturated heterocycles. The minimum absolute atomic E-state index is 0.220. The molecule has 0 aromatic heterocycles. The Labute approximate surface area is 171 Å². The lowest BCUT2D eigenvalue weighted by Gasteiger charge is -2.47. The minimum Gasteiger partial charge on any atom is -0.373 e. The number of methoxy groups -OCH3 is 1. The van der Waals surface area contributed by atoms with E-state index in [0.29, 0.717) is 0 Å². The number of rotatable bonds is 6. The van der Waals surface area contributed by atoms with Crippen LogP contribution in [-0.2, 0) is 26.9 Å². The van der Waals surface area contributed by atoms with Gasteiger partial charge in [-0.2, -0.15) is 0 Å². The number of benzene rings is 2. The molecule has 2 fully saturated rings. The van der Waals surface area contributed by atoms with Crippen LogP contribution in [0.4, 0.5) is 4.39 Å². The largest absolute Gasteiger partial charge is 0.373 e. The quantitative estimate of drug-likeness (QED) is 0.783. The summed E-state index contributed by atoms with van der Waals surface area (Å²) in [6.45, 7) is 2.51. The summed E-state index contributed by atoms with van der Waals surface area (Å²) in [5, 5.41) is 0. The molecule has 29 heavy (non-hydrogen) atoms. The molecule has 0 radical (unpaired) electrons. The van der Waals surface area contributed by atoms with Crippen molar-refractivity contribution in [2.45, 2.75) is 29.9 Å². The summed E-state index contributed by atoms with van der Waals surface area (Å²) < 4.78 is 46.4. The van der Waals surface area contributed by atoms with Crippen LogP contribution in [0.15, 0.2) is 53.4 Å². The number of piperidine rings is 1. The van der Waals surface area contributed by atoms with Crippen molar-refractivity contribution in [2.24, 2.45) is 11.8 Å². The van der Waals surface area contributed by atoms with Gasteiger partial charge in [-0.1, -0.05) is 24.3 Å². The summed E-state index contributed by atoms with van der Waals surface area (Å²) in [6, 6.07) is 13.8. The molecule has 1 aliphatic heterocycles. The first-order valence-electron chi connectivity index (χ1n) is 9.95. The molecule has 1 aliphatic carbocycles. The van der Waals surface area contributed by atoms with Gasteiger partial charge in [0.1, 0.15) is 11.4 Å². The molecule has 4 rings (SSSR count). The van der Waals surface area contributed by atoms with E-state index in [1.165, 1.54) is 19.2 Å². The van der Waals surface area contributed by atoms with Crippen molar-refractivity contribution < 1.29 is 17.5 Å². The monoisotopic (exact) mass is 418 g/mol. The second-order valence-corrected chi connectivity index (χ2v) is 9.91. The van der Waals surface area contributed by atoms with E-state index >= 15 is 0 Å². The first-order valence-corrected chi connectivity index (χ1v) is 11.4. The normalized spacial score (nSPS) is 27.3. The highest BCUT2D eigenvalue weighted by Crippen LogP contribution is 2.53. The number of likely N-dealkylation sites (tertiary alicyclic amines) is 1. The zero-order chi connectivity index (χ0) is 20.6. The fourth-order valence-electron chi connectivity index (χ4n) is 5.24. The van der Waals surface area contributed by atoms with E-state index in [2.05, 4.69) is 9.62 Å². The van der Waals surface area contributed by atoms with Crippen molar-refractivity contribution in [3.8, 4) is 0 Å². The van der Waals surface area contributed by atoms with Gasteiger partial charge in [0, 0.05) is 38.6 Å². The van der Waals surface area contributed by atoms with Gasteiger partial charge in [-0.3, -0.25) is 4.90 Å². The van der Waals surface area contributed by atoms with E-state index in [0.717, 1.165) is 43.6 Å². The van der Waals surface area contributed by atoms with Crippen LogP contribution in [0, 0.1) is 17.7 Å². The Morgan fingerprint density at radius 2 is 1.79 bits per heavy atom. The first-order chi connectivity index (χ1) is 13.9. The van der Waals surface area contributed by atoms with Gasteiger partial charge in [0.2, 0.25) is 10.0 Å². The van der Waals surface area contributed by atoms with Gasteiger partial charge in [0.05, 0.1) is 4.90 Å². The van der Waals surface area contributed by atoms with Crippen LogP contribution in [0.1, 0.15) is 24.0 Å². The van der Waals surface area contributed by atoms with E-state index in [-0.39, 0.29) is 22.5 Å². The van der Waals surface area contributed by atoms with Crippen molar-refractivity contribution in [3.05, 3.63) is 65.5 Å². The van der Waals surface area contributed by atoms with E-state index < -0.39 is 15.6 Å². The maximum Gasteiger partial charge on any atom is 0.240 e. The van der Waals surface area contributed by atoms with E-state index in [4.69, 9.17) is 4.74 Å². The van der Waals surface area contributed by atoms with Crippen LogP contribution in [-0.4, -0.2) is 40.6 Å². The lowest BCUT2D eigenvalue weighted by molar-refractivity contribution is -0.120. The number of halogens is 1. The maximum absolute atomic E-state index is 13.2. The molecule has 1 N–H and O–H groups in total. The summed E-state index contributed by atoms with van der Waals surface area (Å²) >= 11 is 0. The van der Waals surface area contributed by atoms with Gasteiger partial charge in [-0.05, 0) is 55.3 Å². The molecule has 2 aromatic carbocycles. The minimum atomic E-state index is -3.51. The van der Waals surface area contributed by atoms with E-state index in [1.807, 2.05) is 18.2 Å². The molecule has 2 unspecified atom stereocenters. The molecule has 7 heteroatoms. The molecular formula is C22H27FN2O3S. The highest BCUT2D eigenvalue weighted by Gasteiger charge is 2.55. The molecule has 5 nitrogen and oxygen atoms in total. The third kappa shape index (κ3) is 3.61. The van der Waals surface area contributed by atoms with Crippen LogP contribution >= 0.6 is 0 Å². The second-order valence-electron chi connectivity index (χ2n) is 8.02. The molecule has 1 saturated carbocycles. The fraction of sp³-hybridized carbons (Fsp3) is 0.455. The summed E-state index contributed by atoms with van der Waals surface area (Å²) in [5.74, 6) is 0.334. The van der Waals surface area contributed by atoms with Crippen molar-refractivity contribution in [1.29, 1.82) is 0 Å². The van der Waals surface area contributed by atoms with Crippen molar-refractivity contribution in [2.75, 3.05) is 27.2 Å². The average Bonchev–Trinajstić information content (AvgIpc) is 2.93. The van der Waals surface area contributed by atoms with Gasteiger partial charge in [0.25, 0.3) is 0 Å². The van der Waals surface area contributed by atoms with E-state index in [1.54, 1.807) is 25.3 Å². The zero-order valence-electron chi connectivity index (χ0n) is 16.8. The predicted molar refractivity (Wildman–Crippen MR) is 109 cm³/mol. The number of hydrogen-bond donors (Lipinski definition) is 1. The molecule has 2 bridgehead atoms. The molecule has 2 atom stereocenters. The van der Waals surface area contributed by atoms with E-state index in [9.17, 15) is 12.8 Å². The first kappa shape index (κ1) is 20.5. The average molecular weight is 419 g/mol. The summed E-state index contributed by atoms with van der Waals surface area (Å²) in [7, 11) is -0.352. The van der Waals surface area contributed by atoms with Gasteiger partial charge < -0.3 is 4.74 Å². The fourth-order valence-corrected chi connectivity index (χ4v) is 6.02. The Kier molecular flexibility index (Phi) is 5.50. The molecule has 0 amide bonds. The predicted octanol–water partition coefficient (Wildman–Crippen LogP) is 3.12. The van der Waals surface area contributed by atoms with Crippen LogP contribution in [0.5, 0.6) is 0 Å². The van der Waals surface area contributed by atoms with Crippen LogP contribution in [0.25, 0.3) is 0 Å². The highest BCUT2D eigenvalue weighted by molar-refractivity contribution is 7.89. The molecule has 1 heterocycles. The number of fused-ring (bicyclic) bond motifs is 2. The number of nitrogens with one attached hydrogen (secondary N) is 1. The molecule has 156 valence electrons. The summed E-state index contributed by atoms with van der Waals surface area (Å²) in [4.78, 5) is 2.67. The van der Waals surface area contributed by atoms with Gasteiger partial charge >= 0.3 is 0 Å². The maximum atomic E-state index is 13.2. The third-order valence-corrected chi connectivity index (χ3v) is 7.97. The smallest absolute Gasteiger partial charge is 0.240 e. The van der Waals surface area contributed by atoms with Crippen molar-refractivity contribution in [1.82, 2.24) is 9.62 Å². The summed E-state index contributed by atoms with van der Waals surface area (Å²) in [6.07, 6.45) is 2.09. The molecule has 0 spiro atoms. The Morgan fingerprint density at radius 1 is 1.14 bits per heavy atom. The Hall–Kier alpha value is -1.80. The standard InChI is InChI=1S/C22H27FN2O3S/c1-24-29(26,27)21-5-3-4-17(12-21)22(28-2)18-8-9-19(22)15-25(14-18)13-16-6-10-20(23)11-7-16/h3-7,10-12,18-19,24H,8-9,13-15H2,1-2H3. The van der Waals surface area contributed by atoms with Gasteiger partial charge in [-0.15, -0.1) is 0 Å². The number of sulfonamides is 1. The highest BCUT2D eigenvalue weighted by atomic mass is 32.2. The molecule has 2 aliphatic rings. The number of ether oxygens (including phenoxy) is 1. The van der Waals surface area contributed by atoms with Gasteiger partial charge in [-0.25, -0.2) is 17.5 Å². The van der Waals surface area contributed by atoms with Crippen LogP contribution in [0.3, 0.4) is 0 Å². The number of hydrogen-bond acceptors (Lipinski definition) is 4. The van der Waals surface area contributed by atoms with Crippen LogP contribution in [0.2, 0.25) is 0 Å². The summed E-state index contributed by atoms with van der Waals surface area (Å²) in [5.41, 5.74) is 1.56. The van der Waals surface area contributed by atoms with Crippen LogP contribution < -0.4 is 4.72 Å². The van der Waals surface area contributed by atoms with Crippen molar-refractivity contribution >= 4 is 10.0 Å². The molecular weight excluding hydrogens is 391 g/mol. The van der Waals surface area contributed by atoms with Gasteiger partial charge in [0.15, 0.2) is 0 Å². The zero-order valence-corrected chi connectivity index (χ0v) is 17.6. The Morgan fingerprint density at radius 3 is 2.38 bits per heavy atom. The molecule has 2 aromatic rings. The number of nitrogens with zero attached hydrogens (tertiary/aromatic N) is 1. The SMILES string of the molecule is CNS(=O)(=O)c1cccc(C2(OC)C3CCC2CN(Cc2ccc(F)cc2)C3)c1. The lowest BCUT2D eigenvalue weighted by atomic mass is 9.75. The lowest BCUT2D eigenvalue weighted by Crippen LogP contribution is -2.52. The second kappa shape index (κ2) is 7.80.